The second-order valence-electron chi connectivity index (χ2n) is 10.1. The number of fused-ring (bicyclic) bond motifs is 1. The molecule has 0 aromatic heterocycles. The predicted octanol–water partition coefficient (Wildman–Crippen LogP) is 3.05. The normalized spacial score (nSPS) is 28.3. The minimum Gasteiger partial charge on any atom is -0.410 e. The number of nitrogens with zero attached hydrogens (tertiary/aromatic N) is 2. The Balaban J connectivity index is 1.52. The summed E-state index contributed by atoms with van der Waals surface area (Å²) in [5.74, 6) is 0.769. The molecule has 0 radical (unpaired) electrons. The number of nitrogens with two attached hydrogens (primary N) is 1. The summed E-state index contributed by atoms with van der Waals surface area (Å²) in [6.45, 7) is 7.15. The van der Waals surface area contributed by atoms with E-state index in [0.717, 1.165) is 25.8 Å². The number of piperazine rings is 1. The zero-order valence-corrected chi connectivity index (χ0v) is 19.9. The predicted molar refractivity (Wildman–Crippen MR) is 124 cm³/mol. The highest BCUT2D eigenvalue weighted by atomic mass is 19.1. The van der Waals surface area contributed by atoms with Crippen molar-refractivity contribution in [3.8, 4) is 5.75 Å². The number of hydrogen-bond acceptors (Lipinski definition) is 5. The summed E-state index contributed by atoms with van der Waals surface area (Å²) in [5.41, 5.74) is 6.59. The standard InChI is InChI=1S/C25H37FN4O3/c1-15-10-21(7-8-22(15)26)33-25(32)29-14-16(2)30(17(3)31)23-9-4-18(11-24(23)29)19(12-27)13-28-20-5-6-20/h7-8,10,16,18-20,23-24,28H,4-6,9,11-14,27H2,1-3H3/t16-,18?,19?,23?,24?/m0/s1. The van der Waals surface area contributed by atoms with Gasteiger partial charge in [-0.25, -0.2) is 9.18 Å². The largest absolute Gasteiger partial charge is 0.415 e. The molecule has 33 heavy (non-hydrogen) atoms. The van der Waals surface area contributed by atoms with Crippen LogP contribution in [0.25, 0.3) is 0 Å². The van der Waals surface area contributed by atoms with Crippen LogP contribution in [0.3, 0.4) is 0 Å². The molecule has 5 atom stereocenters. The number of carbonyl (C=O) groups excluding carboxylic acids is 2. The van der Waals surface area contributed by atoms with Gasteiger partial charge in [-0.3, -0.25) is 4.79 Å². The SMILES string of the molecule is CC(=O)N1C2CCC(C(CN)CNC3CC3)CC2N(C(=O)Oc2ccc(F)c(C)c2)C[C@@H]1C. The van der Waals surface area contributed by atoms with E-state index in [1.807, 2.05) is 11.8 Å². The van der Waals surface area contributed by atoms with E-state index in [4.69, 9.17) is 10.5 Å². The average Bonchev–Trinajstić information content (AvgIpc) is 3.60. The highest BCUT2D eigenvalue weighted by Gasteiger charge is 2.47. The van der Waals surface area contributed by atoms with Crippen molar-refractivity contribution in [2.24, 2.45) is 17.6 Å². The molecule has 7 nitrogen and oxygen atoms in total. The van der Waals surface area contributed by atoms with Gasteiger partial charge >= 0.3 is 6.09 Å². The van der Waals surface area contributed by atoms with Gasteiger partial charge in [0.2, 0.25) is 5.91 Å². The zero-order chi connectivity index (χ0) is 23.7. The first-order valence-corrected chi connectivity index (χ1v) is 12.3. The van der Waals surface area contributed by atoms with Crippen molar-refractivity contribution in [1.82, 2.24) is 15.1 Å². The van der Waals surface area contributed by atoms with Crippen LogP contribution in [0.1, 0.15) is 51.5 Å². The van der Waals surface area contributed by atoms with Crippen molar-refractivity contribution < 1.29 is 18.7 Å². The summed E-state index contributed by atoms with van der Waals surface area (Å²) in [7, 11) is 0. The molecule has 2 amide bonds. The minimum atomic E-state index is -0.438. The number of ether oxygens (including phenoxy) is 1. The Bertz CT molecular complexity index is 877. The lowest BCUT2D eigenvalue weighted by atomic mass is 9.73. The van der Waals surface area contributed by atoms with Crippen LogP contribution in [-0.2, 0) is 4.79 Å². The van der Waals surface area contributed by atoms with E-state index in [1.165, 1.54) is 31.0 Å². The molecule has 4 rings (SSSR count). The second-order valence-corrected chi connectivity index (χ2v) is 10.1. The molecule has 4 unspecified atom stereocenters. The van der Waals surface area contributed by atoms with Gasteiger partial charge in [0.1, 0.15) is 11.6 Å². The van der Waals surface area contributed by atoms with Gasteiger partial charge in [-0.1, -0.05) is 0 Å². The van der Waals surface area contributed by atoms with Crippen LogP contribution >= 0.6 is 0 Å². The first-order chi connectivity index (χ1) is 15.8. The molecule has 2 saturated carbocycles. The maximum atomic E-state index is 13.6. The Hall–Kier alpha value is -2.19. The van der Waals surface area contributed by atoms with Gasteiger partial charge in [-0.05, 0) is 94.6 Å². The molecule has 1 heterocycles. The molecule has 1 aromatic rings. The number of carbonyl (C=O) groups is 2. The first kappa shape index (κ1) is 24.0. The molecule has 1 aromatic carbocycles. The highest BCUT2D eigenvalue weighted by molar-refractivity contribution is 5.76. The monoisotopic (exact) mass is 460 g/mol. The van der Waals surface area contributed by atoms with E-state index in [-0.39, 0.29) is 29.8 Å². The Morgan fingerprint density at radius 2 is 2.00 bits per heavy atom. The minimum absolute atomic E-state index is 0.0279. The fraction of sp³-hybridized carbons (Fsp3) is 0.680. The molecular weight excluding hydrogens is 423 g/mol. The van der Waals surface area contributed by atoms with Gasteiger partial charge in [0, 0.05) is 25.6 Å². The van der Waals surface area contributed by atoms with Crippen molar-refractivity contribution in [3.05, 3.63) is 29.6 Å². The van der Waals surface area contributed by atoms with E-state index in [2.05, 4.69) is 5.32 Å². The molecule has 2 aliphatic carbocycles. The molecule has 8 heteroatoms. The van der Waals surface area contributed by atoms with Crippen LogP contribution in [0, 0.1) is 24.6 Å². The summed E-state index contributed by atoms with van der Waals surface area (Å²) in [4.78, 5) is 29.5. The third-order valence-electron chi connectivity index (χ3n) is 7.66. The quantitative estimate of drug-likeness (QED) is 0.681. The van der Waals surface area contributed by atoms with Crippen LogP contribution in [-0.4, -0.2) is 65.6 Å². The van der Waals surface area contributed by atoms with Gasteiger partial charge in [-0.15, -0.1) is 0 Å². The number of benzene rings is 1. The topological polar surface area (TPSA) is 87.9 Å². The molecule has 3 N–H and O–H groups in total. The maximum Gasteiger partial charge on any atom is 0.415 e. The summed E-state index contributed by atoms with van der Waals surface area (Å²) in [5, 5.41) is 3.61. The fourth-order valence-corrected chi connectivity index (χ4v) is 5.73. The van der Waals surface area contributed by atoms with Gasteiger partial charge < -0.3 is 25.6 Å². The van der Waals surface area contributed by atoms with Crippen LogP contribution in [0.5, 0.6) is 5.75 Å². The lowest BCUT2D eigenvalue weighted by Gasteiger charge is -2.54. The lowest BCUT2D eigenvalue weighted by Crippen LogP contribution is -2.67. The van der Waals surface area contributed by atoms with Gasteiger partial charge in [0.25, 0.3) is 0 Å². The number of halogens is 1. The second kappa shape index (κ2) is 9.97. The van der Waals surface area contributed by atoms with Crippen LogP contribution < -0.4 is 15.8 Å². The van der Waals surface area contributed by atoms with E-state index >= 15 is 0 Å². The van der Waals surface area contributed by atoms with Crippen molar-refractivity contribution >= 4 is 12.0 Å². The van der Waals surface area contributed by atoms with Crippen molar-refractivity contribution in [1.29, 1.82) is 0 Å². The van der Waals surface area contributed by atoms with Crippen LogP contribution in [0.15, 0.2) is 18.2 Å². The lowest BCUT2D eigenvalue weighted by molar-refractivity contribution is -0.142. The summed E-state index contributed by atoms with van der Waals surface area (Å²) in [6, 6.07) is 4.72. The highest BCUT2D eigenvalue weighted by Crippen LogP contribution is 2.39. The van der Waals surface area contributed by atoms with Gasteiger partial charge in [0.05, 0.1) is 12.1 Å². The molecule has 3 aliphatic rings. The number of amides is 2. The third-order valence-corrected chi connectivity index (χ3v) is 7.66. The molecule has 0 bridgehead atoms. The molecular formula is C25H37FN4O3. The zero-order valence-electron chi connectivity index (χ0n) is 19.9. The number of rotatable bonds is 6. The van der Waals surface area contributed by atoms with Gasteiger partial charge in [-0.2, -0.15) is 0 Å². The number of aryl methyl sites for hydroxylation is 1. The van der Waals surface area contributed by atoms with E-state index in [1.54, 1.807) is 18.7 Å². The van der Waals surface area contributed by atoms with E-state index in [9.17, 15) is 14.0 Å². The van der Waals surface area contributed by atoms with Crippen LogP contribution in [0.4, 0.5) is 9.18 Å². The van der Waals surface area contributed by atoms with Crippen molar-refractivity contribution in [2.75, 3.05) is 19.6 Å². The summed E-state index contributed by atoms with van der Waals surface area (Å²) >= 11 is 0. The van der Waals surface area contributed by atoms with Crippen LogP contribution in [0.2, 0.25) is 0 Å². The van der Waals surface area contributed by atoms with Crippen molar-refractivity contribution in [3.63, 3.8) is 0 Å². The molecule has 3 fully saturated rings. The Morgan fingerprint density at radius 3 is 2.64 bits per heavy atom. The van der Waals surface area contributed by atoms with Crippen molar-refractivity contribution in [2.45, 2.75) is 77.0 Å². The summed E-state index contributed by atoms with van der Waals surface area (Å²) in [6.07, 6.45) is 4.67. The first-order valence-electron chi connectivity index (χ1n) is 12.3. The number of hydrogen-bond donors (Lipinski definition) is 2. The Kier molecular flexibility index (Phi) is 7.24. The summed E-state index contributed by atoms with van der Waals surface area (Å²) < 4.78 is 19.3. The van der Waals surface area contributed by atoms with E-state index in [0.29, 0.717) is 42.3 Å². The smallest absolute Gasteiger partial charge is 0.410 e. The fourth-order valence-electron chi connectivity index (χ4n) is 5.73. The van der Waals surface area contributed by atoms with E-state index < -0.39 is 6.09 Å². The molecule has 1 saturated heterocycles. The molecule has 1 aliphatic heterocycles. The number of nitrogens with one attached hydrogen (secondary N) is 1. The maximum absolute atomic E-state index is 13.6. The Labute approximate surface area is 195 Å². The van der Waals surface area contributed by atoms with Gasteiger partial charge in [0.15, 0.2) is 0 Å². The molecule has 182 valence electrons. The third kappa shape index (κ3) is 5.32. The molecule has 0 spiro atoms. The Morgan fingerprint density at radius 1 is 1.24 bits per heavy atom. The average molecular weight is 461 g/mol.